The van der Waals surface area contributed by atoms with Gasteiger partial charge in [0.05, 0.1) is 0 Å². The number of carbonyl (C=O) groups excluding carboxylic acids is 2. The zero-order valence-corrected chi connectivity index (χ0v) is 15.7. The first-order valence-electron chi connectivity index (χ1n) is 8.21. The van der Waals surface area contributed by atoms with Crippen molar-refractivity contribution in [3.63, 3.8) is 0 Å². The van der Waals surface area contributed by atoms with Gasteiger partial charge in [0.15, 0.2) is 0 Å². The van der Waals surface area contributed by atoms with E-state index < -0.39 is 5.41 Å². The molecule has 0 radical (unpaired) electrons. The lowest BCUT2D eigenvalue weighted by atomic mass is 9.95. The third kappa shape index (κ3) is 5.49. The molecule has 0 bridgehead atoms. The maximum absolute atomic E-state index is 12.3. The van der Waals surface area contributed by atoms with Gasteiger partial charge in [-0.05, 0) is 50.6 Å². The Labute approximate surface area is 150 Å². The second kappa shape index (κ2) is 8.49. The van der Waals surface area contributed by atoms with E-state index in [2.05, 4.69) is 16.0 Å². The molecule has 5 nitrogen and oxygen atoms in total. The zero-order valence-electron chi connectivity index (χ0n) is 14.9. The highest BCUT2D eigenvalue weighted by molar-refractivity contribution is 5.97. The van der Waals surface area contributed by atoms with Crippen LogP contribution in [0.3, 0.4) is 0 Å². The van der Waals surface area contributed by atoms with E-state index in [1.807, 2.05) is 45.9 Å². The summed E-state index contributed by atoms with van der Waals surface area (Å²) in [4.78, 5) is 24.5. The number of hydrogen-bond donors (Lipinski definition) is 3. The molecule has 1 aliphatic heterocycles. The smallest absolute Gasteiger partial charge is 0.229 e. The summed E-state index contributed by atoms with van der Waals surface area (Å²) in [5.41, 5.74) is 1.99. The lowest BCUT2D eigenvalue weighted by Crippen LogP contribution is -2.34. The number of amides is 2. The Balaban J connectivity index is 0.00000288. The van der Waals surface area contributed by atoms with Gasteiger partial charge in [0, 0.05) is 22.7 Å². The second-order valence-corrected chi connectivity index (χ2v) is 7.25. The normalized spacial score (nSPS) is 15.3. The monoisotopic (exact) mass is 353 g/mol. The van der Waals surface area contributed by atoms with Crippen molar-refractivity contribution in [2.75, 3.05) is 23.7 Å². The molecule has 24 heavy (non-hydrogen) atoms. The standard InChI is InChI=1S/C18H27N3O2.ClH/c1-12-5-6-14(11-15(12)21-17(23)18(2,3)4)20-16(22)13-7-9-19-10-8-13;/h5-6,11,13,19H,7-10H2,1-4H3,(H,20,22)(H,21,23);1H. The number of carbonyl (C=O) groups is 2. The minimum Gasteiger partial charge on any atom is -0.326 e. The first-order chi connectivity index (χ1) is 10.8. The first kappa shape index (κ1) is 20.5. The van der Waals surface area contributed by atoms with Gasteiger partial charge in [-0.25, -0.2) is 0 Å². The van der Waals surface area contributed by atoms with Crippen LogP contribution in [0.4, 0.5) is 11.4 Å². The number of piperidine rings is 1. The fraction of sp³-hybridized carbons (Fsp3) is 0.556. The Kier molecular flexibility index (Phi) is 7.24. The second-order valence-electron chi connectivity index (χ2n) is 7.25. The van der Waals surface area contributed by atoms with E-state index >= 15 is 0 Å². The molecule has 2 rings (SSSR count). The van der Waals surface area contributed by atoms with Crippen LogP contribution in [-0.4, -0.2) is 24.9 Å². The van der Waals surface area contributed by atoms with Gasteiger partial charge in [0.2, 0.25) is 11.8 Å². The van der Waals surface area contributed by atoms with Crippen molar-refractivity contribution in [2.45, 2.75) is 40.5 Å². The Bertz CT molecular complexity index is 590. The zero-order chi connectivity index (χ0) is 17.0. The molecule has 0 atom stereocenters. The lowest BCUT2D eigenvalue weighted by molar-refractivity contribution is -0.123. The number of hydrogen-bond acceptors (Lipinski definition) is 3. The van der Waals surface area contributed by atoms with E-state index in [1.54, 1.807) is 0 Å². The summed E-state index contributed by atoms with van der Waals surface area (Å²) < 4.78 is 0. The summed E-state index contributed by atoms with van der Waals surface area (Å²) in [6, 6.07) is 5.62. The molecule has 1 heterocycles. The van der Waals surface area contributed by atoms with Gasteiger partial charge in [-0.15, -0.1) is 12.4 Å². The van der Waals surface area contributed by atoms with Crippen LogP contribution in [0.5, 0.6) is 0 Å². The molecule has 6 heteroatoms. The first-order valence-corrected chi connectivity index (χ1v) is 8.21. The molecule has 0 aromatic heterocycles. The van der Waals surface area contributed by atoms with E-state index in [9.17, 15) is 9.59 Å². The van der Waals surface area contributed by atoms with Crippen LogP contribution in [-0.2, 0) is 9.59 Å². The molecule has 134 valence electrons. The van der Waals surface area contributed by atoms with Crippen molar-refractivity contribution < 1.29 is 9.59 Å². The third-order valence-electron chi connectivity index (χ3n) is 4.14. The molecule has 0 spiro atoms. The molecule has 1 aromatic rings. The molecule has 0 aliphatic carbocycles. The Morgan fingerprint density at radius 1 is 1.12 bits per heavy atom. The lowest BCUT2D eigenvalue weighted by Gasteiger charge is -2.22. The summed E-state index contributed by atoms with van der Waals surface area (Å²) in [7, 11) is 0. The van der Waals surface area contributed by atoms with Crippen LogP contribution in [0.15, 0.2) is 18.2 Å². The third-order valence-corrected chi connectivity index (χ3v) is 4.14. The van der Waals surface area contributed by atoms with Crippen molar-refractivity contribution in [2.24, 2.45) is 11.3 Å². The Morgan fingerprint density at radius 2 is 1.75 bits per heavy atom. The summed E-state index contributed by atoms with van der Waals surface area (Å²) in [5, 5.41) is 9.17. The van der Waals surface area contributed by atoms with Gasteiger partial charge < -0.3 is 16.0 Å². The van der Waals surface area contributed by atoms with E-state index in [0.29, 0.717) is 0 Å². The number of nitrogens with one attached hydrogen (secondary N) is 3. The molecule has 0 unspecified atom stereocenters. The topological polar surface area (TPSA) is 70.2 Å². The minimum absolute atomic E-state index is 0. The fourth-order valence-electron chi connectivity index (χ4n) is 2.47. The van der Waals surface area contributed by atoms with Crippen LogP contribution < -0.4 is 16.0 Å². The number of anilines is 2. The van der Waals surface area contributed by atoms with E-state index in [-0.39, 0.29) is 30.1 Å². The van der Waals surface area contributed by atoms with Crippen molar-refractivity contribution in [1.29, 1.82) is 0 Å². The van der Waals surface area contributed by atoms with Crippen LogP contribution in [0.2, 0.25) is 0 Å². The molecule has 3 N–H and O–H groups in total. The van der Waals surface area contributed by atoms with Crippen LogP contribution in [0.1, 0.15) is 39.2 Å². The molecular weight excluding hydrogens is 326 g/mol. The molecular formula is C18H28ClN3O2. The largest absolute Gasteiger partial charge is 0.326 e. The van der Waals surface area contributed by atoms with Crippen LogP contribution >= 0.6 is 12.4 Å². The van der Waals surface area contributed by atoms with Crippen LogP contribution in [0, 0.1) is 18.3 Å². The number of halogens is 1. The van der Waals surface area contributed by atoms with Crippen molar-refractivity contribution in [1.82, 2.24) is 5.32 Å². The van der Waals surface area contributed by atoms with E-state index in [1.165, 1.54) is 0 Å². The van der Waals surface area contributed by atoms with Gasteiger partial charge in [0.25, 0.3) is 0 Å². The highest BCUT2D eigenvalue weighted by Gasteiger charge is 2.23. The van der Waals surface area contributed by atoms with Gasteiger partial charge in [-0.3, -0.25) is 9.59 Å². The van der Waals surface area contributed by atoms with Crippen LogP contribution in [0.25, 0.3) is 0 Å². The molecule has 1 aliphatic rings. The highest BCUT2D eigenvalue weighted by Crippen LogP contribution is 2.24. The Morgan fingerprint density at radius 3 is 2.33 bits per heavy atom. The molecule has 1 fully saturated rings. The van der Waals surface area contributed by atoms with Crippen molar-refractivity contribution >= 4 is 35.6 Å². The number of benzene rings is 1. The minimum atomic E-state index is -0.458. The number of rotatable bonds is 3. The highest BCUT2D eigenvalue weighted by atomic mass is 35.5. The maximum Gasteiger partial charge on any atom is 0.229 e. The predicted molar refractivity (Wildman–Crippen MR) is 101 cm³/mol. The molecule has 1 aromatic carbocycles. The quantitative estimate of drug-likeness (QED) is 0.780. The van der Waals surface area contributed by atoms with Crippen molar-refractivity contribution in [3.8, 4) is 0 Å². The van der Waals surface area contributed by atoms with Crippen molar-refractivity contribution in [3.05, 3.63) is 23.8 Å². The average Bonchev–Trinajstić information content (AvgIpc) is 2.50. The van der Waals surface area contributed by atoms with E-state index in [0.717, 1.165) is 42.9 Å². The summed E-state index contributed by atoms with van der Waals surface area (Å²) in [6.45, 7) is 9.34. The SMILES string of the molecule is Cc1ccc(NC(=O)C2CCNCC2)cc1NC(=O)C(C)(C)C.Cl. The number of aryl methyl sites for hydroxylation is 1. The molecule has 1 saturated heterocycles. The average molecular weight is 354 g/mol. The van der Waals surface area contributed by atoms with Gasteiger partial charge >= 0.3 is 0 Å². The summed E-state index contributed by atoms with van der Waals surface area (Å²) in [6.07, 6.45) is 1.73. The maximum atomic E-state index is 12.3. The summed E-state index contributed by atoms with van der Waals surface area (Å²) in [5.74, 6) is 0.0797. The van der Waals surface area contributed by atoms with Gasteiger partial charge in [-0.2, -0.15) is 0 Å². The Hall–Kier alpha value is -1.59. The van der Waals surface area contributed by atoms with Gasteiger partial charge in [-0.1, -0.05) is 26.8 Å². The fourth-order valence-corrected chi connectivity index (χ4v) is 2.47. The predicted octanol–water partition coefficient (Wildman–Crippen LogP) is 3.34. The summed E-state index contributed by atoms with van der Waals surface area (Å²) >= 11 is 0. The molecule has 0 saturated carbocycles. The molecule has 2 amide bonds. The van der Waals surface area contributed by atoms with E-state index in [4.69, 9.17) is 0 Å². The van der Waals surface area contributed by atoms with Gasteiger partial charge in [0.1, 0.15) is 0 Å².